The van der Waals surface area contributed by atoms with Crippen molar-refractivity contribution in [2.75, 3.05) is 19.5 Å². The highest BCUT2D eigenvalue weighted by Gasteiger charge is 2.63. The molecular weight excluding hydrogens is 592 g/mol. The quantitative estimate of drug-likeness (QED) is 0.440. The number of ether oxygens (including phenoxy) is 3. The standard InChI is InChI=1S/C29H24Cl2FN3O7/c1-11-8-15-19(24(36)29(11)25(37)20-16(40-4)10-17(41-5)22(31)23(20)42-29)18(12-6-7-14(32)13(30)9-12)21-26(33-15)34(2)28(39)35(3)27(21)38/h6-7,9-11,18,33H,8H2,1-5H3/t11-,18-,29+/m1/s1. The Kier molecular flexibility index (Phi) is 6.32. The van der Waals surface area contributed by atoms with Gasteiger partial charge in [-0.2, -0.15) is 0 Å². The van der Waals surface area contributed by atoms with Gasteiger partial charge in [-0.1, -0.05) is 36.2 Å². The highest BCUT2D eigenvalue weighted by molar-refractivity contribution is 6.36. The number of hydrogen-bond donors (Lipinski definition) is 1. The number of aromatic nitrogens is 2. The van der Waals surface area contributed by atoms with Gasteiger partial charge in [0.15, 0.2) is 5.75 Å². The van der Waals surface area contributed by atoms with Gasteiger partial charge < -0.3 is 19.5 Å². The summed E-state index contributed by atoms with van der Waals surface area (Å²) in [5.74, 6) is -3.49. The van der Waals surface area contributed by atoms with Gasteiger partial charge in [-0.25, -0.2) is 9.18 Å². The van der Waals surface area contributed by atoms with E-state index < -0.39 is 46.1 Å². The van der Waals surface area contributed by atoms with Gasteiger partial charge in [-0.05, 0) is 24.1 Å². The molecule has 1 aliphatic carbocycles. The number of halogens is 3. The number of hydrogen-bond acceptors (Lipinski definition) is 8. The summed E-state index contributed by atoms with van der Waals surface area (Å²) in [6, 6.07) is 5.30. The summed E-state index contributed by atoms with van der Waals surface area (Å²) in [6.07, 6.45) is 0.117. The Morgan fingerprint density at radius 2 is 1.71 bits per heavy atom. The normalized spacial score (nSPS) is 22.4. The molecule has 42 heavy (non-hydrogen) atoms. The van der Waals surface area contributed by atoms with Crippen molar-refractivity contribution in [2.24, 2.45) is 20.0 Å². The van der Waals surface area contributed by atoms with Crippen LogP contribution in [0.3, 0.4) is 0 Å². The van der Waals surface area contributed by atoms with Crippen LogP contribution in [-0.2, 0) is 18.9 Å². The van der Waals surface area contributed by atoms with Crippen molar-refractivity contribution in [3.05, 3.63) is 88.9 Å². The number of nitrogens with one attached hydrogen (secondary N) is 1. The van der Waals surface area contributed by atoms with E-state index >= 15 is 0 Å². The summed E-state index contributed by atoms with van der Waals surface area (Å²) in [7, 11) is 5.57. The minimum absolute atomic E-state index is 0.00333. The summed E-state index contributed by atoms with van der Waals surface area (Å²) >= 11 is 12.7. The Bertz CT molecular complexity index is 1910. The first-order valence-corrected chi connectivity index (χ1v) is 13.6. The van der Waals surface area contributed by atoms with E-state index in [2.05, 4.69) is 5.32 Å². The first-order chi connectivity index (χ1) is 19.9. The van der Waals surface area contributed by atoms with E-state index in [1.54, 1.807) is 6.92 Å². The minimum atomic E-state index is -2.06. The maximum atomic E-state index is 14.8. The van der Waals surface area contributed by atoms with Gasteiger partial charge >= 0.3 is 5.69 Å². The molecular formula is C29H24Cl2FN3O7. The number of ketones is 2. The second-order valence-corrected chi connectivity index (χ2v) is 11.3. The fourth-order valence-corrected chi connectivity index (χ4v) is 6.67. The zero-order valence-corrected chi connectivity index (χ0v) is 24.6. The van der Waals surface area contributed by atoms with Gasteiger partial charge in [0.2, 0.25) is 17.2 Å². The van der Waals surface area contributed by atoms with E-state index in [0.717, 1.165) is 10.6 Å². The van der Waals surface area contributed by atoms with E-state index in [0.29, 0.717) is 11.3 Å². The minimum Gasteiger partial charge on any atom is -0.496 e. The van der Waals surface area contributed by atoms with Crippen LogP contribution in [0.15, 0.2) is 45.1 Å². The second-order valence-electron chi connectivity index (χ2n) is 10.5. The van der Waals surface area contributed by atoms with Crippen LogP contribution in [-0.4, -0.2) is 40.5 Å². The number of carbonyl (C=O) groups excluding carboxylic acids is 2. The molecule has 1 N–H and O–H groups in total. The summed E-state index contributed by atoms with van der Waals surface area (Å²) in [6.45, 7) is 1.69. The van der Waals surface area contributed by atoms with Crippen molar-refractivity contribution in [1.29, 1.82) is 0 Å². The van der Waals surface area contributed by atoms with Crippen molar-refractivity contribution >= 4 is 40.6 Å². The maximum absolute atomic E-state index is 14.8. The number of anilines is 1. The second kappa shape index (κ2) is 9.47. The van der Waals surface area contributed by atoms with Crippen molar-refractivity contribution in [1.82, 2.24) is 9.13 Å². The largest absolute Gasteiger partial charge is 0.496 e. The lowest BCUT2D eigenvalue weighted by Crippen LogP contribution is -2.58. The Labute approximate surface area is 248 Å². The number of Topliss-reactive ketones (excluding diaryl/α,β-unsaturated/α-hetero) is 2. The average molecular weight is 616 g/mol. The number of methoxy groups -OCH3 is 2. The van der Waals surface area contributed by atoms with Crippen LogP contribution >= 0.6 is 23.2 Å². The fourth-order valence-electron chi connectivity index (χ4n) is 6.21. The number of benzene rings is 2. The van der Waals surface area contributed by atoms with Crippen molar-refractivity contribution in [3.63, 3.8) is 0 Å². The molecule has 0 fully saturated rings. The predicted octanol–water partition coefficient (Wildman–Crippen LogP) is 3.98. The maximum Gasteiger partial charge on any atom is 0.332 e. The van der Waals surface area contributed by atoms with Crippen LogP contribution in [0, 0.1) is 11.7 Å². The molecule has 1 spiro atoms. The predicted molar refractivity (Wildman–Crippen MR) is 152 cm³/mol. The van der Waals surface area contributed by atoms with E-state index in [1.165, 1.54) is 51.1 Å². The van der Waals surface area contributed by atoms with Crippen molar-refractivity contribution in [2.45, 2.75) is 24.9 Å². The molecule has 0 amide bonds. The lowest BCUT2D eigenvalue weighted by molar-refractivity contribution is -0.130. The molecule has 218 valence electrons. The summed E-state index contributed by atoms with van der Waals surface area (Å²) in [5, 5.41) is 2.89. The van der Waals surface area contributed by atoms with Crippen LogP contribution in [0.4, 0.5) is 10.2 Å². The van der Waals surface area contributed by atoms with E-state index in [4.69, 9.17) is 37.4 Å². The Morgan fingerprint density at radius 1 is 1.02 bits per heavy atom. The van der Waals surface area contributed by atoms with Crippen LogP contribution in [0.5, 0.6) is 17.2 Å². The molecule has 3 heterocycles. The third-order valence-corrected chi connectivity index (χ3v) is 9.00. The van der Waals surface area contributed by atoms with Crippen LogP contribution in [0.25, 0.3) is 0 Å². The molecule has 6 rings (SSSR count). The topological polar surface area (TPSA) is 118 Å². The molecule has 10 nitrogen and oxygen atoms in total. The first-order valence-electron chi connectivity index (χ1n) is 12.9. The van der Waals surface area contributed by atoms with Crippen LogP contribution in [0.2, 0.25) is 10.0 Å². The first kappa shape index (κ1) is 28.0. The zero-order chi connectivity index (χ0) is 30.4. The Morgan fingerprint density at radius 3 is 2.36 bits per heavy atom. The number of carbonyl (C=O) groups is 2. The molecule has 0 radical (unpaired) electrons. The number of rotatable bonds is 3. The third kappa shape index (κ3) is 3.49. The highest BCUT2D eigenvalue weighted by Crippen LogP contribution is 2.56. The monoisotopic (exact) mass is 615 g/mol. The van der Waals surface area contributed by atoms with E-state index in [-0.39, 0.29) is 56.2 Å². The smallest absolute Gasteiger partial charge is 0.332 e. The lowest BCUT2D eigenvalue weighted by Gasteiger charge is -2.42. The van der Waals surface area contributed by atoms with Crippen molar-refractivity contribution in [3.8, 4) is 17.2 Å². The van der Waals surface area contributed by atoms with E-state index in [1.807, 2.05) is 0 Å². The van der Waals surface area contributed by atoms with Gasteiger partial charge in [0.1, 0.15) is 33.7 Å². The van der Waals surface area contributed by atoms with Gasteiger partial charge in [0.25, 0.3) is 5.56 Å². The highest BCUT2D eigenvalue weighted by atomic mass is 35.5. The molecule has 0 saturated heterocycles. The van der Waals surface area contributed by atoms with Gasteiger partial charge in [0, 0.05) is 43.3 Å². The van der Waals surface area contributed by atoms with E-state index in [9.17, 15) is 23.6 Å². The van der Waals surface area contributed by atoms with Gasteiger partial charge in [-0.3, -0.25) is 23.5 Å². The number of allylic oxidation sites excluding steroid dienone is 1. The van der Waals surface area contributed by atoms with Crippen LogP contribution < -0.4 is 30.8 Å². The Balaban J connectivity index is 1.63. The van der Waals surface area contributed by atoms with Crippen molar-refractivity contribution < 1.29 is 28.2 Å². The summed E-state index contributed by atoms with van der Waals surface area (Å²) in [5.41, 5.74) is -2.50. The van der Waals surface area contributed by atoms with Gasteiger partial charge in [0.05, 0.1) is 24.8 Å². The molecule has 13 heteroatoms. The summed E-state index contributed by atoms with van der Waals surface area (Å²) in [4.78, 5) is 55.5. The molecule has 2 aromatic carbocycles. The molecule has 0 saturated carbocycles. The third-order valence-electron chi connectivity index (χ3n) is 8.35. The number of fused-ring (bicyclic) bond motifs is 2. The molecule has 3 aliphatic rings. The zero-order valence-electron chi connectivity index (χ0n) is 23.1. The molecule has 3 aromatic rings. The molecule has 0 bridgehead atoms. The SMILES string of the molecule is COc1cc(OC)c2c(c1Cl)O[C@@]1(C(=O)C3=C(C[C@H]1C)Nc1c(c(=O)n(C)c(=O)n1C)[C@@H]3c1ccc(F)c(Cl)c1)C2=O. The lowest BCUT2D eigenvalue weighted by atomic mass is 9.66. The molecule has 3 atom stereocenters. The fraction of sp³-hybridized carbons (Fsp3) is 0.310. The number of nitrogens with zero attached hydrogens (tertiary/aromatic N) is 2. The average Bonchev–Trinajstić information content (AvgIpc) is 3.29. The molecule has 1 aromatic heterocycles. The molecule has 0 unspecified atom stereocenters. The molecule has 2 aliphatic heterocycles. The Hall–Kier alpha value is -4.09. The summed E-state index contributed by atoms with van der Waals surface area (Å²) < 4.78 is 33.5. The van der Waals surface area contributed by atoms with Gasteiger partial charge in [-0.15, -0.1) is 0 Å². The van der Waals surface area contributed by atoms with Crippen LogP contribution in [0.1, 0.15) is 40.7 Å².